The van der Waals surface area contributed by atoms with E-state index in [9.17, 15) is 4.79 Å². The Bertz CT molecular complexity index is 381. The summed E-state index contributed by atoms with van der Waals surface area (Å²) < 4.78 is 0. The van der Waals surface area contributed by atoms with Gasteiger partial charge >= 0.3 is 0 Å². The second-order valence-corrected chi connectivity index (χ2v) is 4.03. The quantitative estimate of drug-likeness (QED) is 0.812. The molecule has 0 aliphatic rings. The summed E-state index contributed by atoms with van der Waals surface area (Å²) in [4.78, 5) is 17.5. The van der Waals surface area contributed by atoms with Gasteiger partial charge in [-0.1, -0.05) is 11.6 Å². The van der Waals surface area contributed by atoms with Crippen molar-refractivity contribution in [3.05, 3.63) is 22.8 Å². The van der Waals surface area contributed by atoms with Gasteiger partial charge in [-0.05, 0) is 26.2 Å². The molecule has 0 aliphatic carbocycles. The monoisotopic (exact) mass is 242 g/mol. The first-order chi connectivity index (χ1) is 7.50. The summed E-state index contributed by atoms with van der Waals surface area (Å²) in [7, 11) is 3.86. The molecule has 88 valence electrons. The van der Waals surface area contributed by atoms with Gasteiger partial charge in [-0.2, -0.15) is 0 Å². The normalized spacial score (nSPS) is 10.5. The lowest BCUT2D eigenvalue weighted by atomic mass is 10.3. The number of amides is 1. The molecule has 16 heavy (non-hydrogen) atoms. The molecule has 1 amide bonds. The summed E-state index contributed by atoms with van der Waals surface area (Å²) in [6.45, 7) is 1.30. The highest BCUT2D eigenvalue weighted by Gasteiger charge is 2.11. The van der Waals surface area contributed by atoms with Crippen LogP contribution in [0.1, 0.15) is 10.5 Å². The van der Waals surface area contributed by atoms with Crippen LogP contribution in [0, 0.1) is 0 Å². The highest BCUT2D eigenvalue weighted by molar-refractivity contribution is 6.33. The molecule has 0 fully saturated rings. The van der Waals surface area contributed by atoms with Gasteiger partial charge in [0.15, 0.2) is 0 Å². The van der Waals surface area contributed by atoms with Crippen molar-refractivity contribution in [3.8, 4) is 0 Å². The van der Waals surface area contributed by atoms with Crippen molar-refractivity contribution in [2.45, 2.75) is 0 Å². The van der Waals surface area contributed by atoms with Crippen molar-refractivity contribution in [1.29, 1.82) is 0 Å². The smallest absolute Gasteiger partial charge is 0.271 e. The fourth-order valence-electron chi connectivity index (χ4n) is 1.09. The minimum Gasteiger partial charge on any atom is -0.384 e. The molecular weight excluding hydrogens is 228 g/mol. The van der Waals surface area contributed by atoms with Crippen LogP contribution >= 0.6 is 11.6 Å². The SMILES string of the molecule is CN(C)CCNC(=O)c1nc(N)ccc1Cl. The van der Waals surface area contributed by atoms with Gasteiger partial charge in [-0.3, -0.25) is 4.79 Å². The molecule has 0 aromatic carbocycles. The predicted octanol–water partition coefficient (Wildman–Crippen LogP) is 0.609. The number of hydrogen-bond donors (Lipinski definition) is 2. The van der Waals surface area contributed by atoms with Crippen LogP contribution in [0.3, 0.4) is 0 Å². The number of nitrogens with two attached hydrogens (primary N) is 1. The zero-order chi connectivity index (χ0) is 12.1. The van der Waals surface area contributed by atoms with Gasteiger partial charge in [0.05, 0.1) is 5.02 Å². The third-order valence-electron chi connectivity index (χ3n) is 1.93. The largest absolute Gasteiger partial charge is 0.384 e. The van der Waals surface area contributed by atoms with Crippen LogP contribution in [0.2, 0.25) is 5.02 Å². The summed E-state index contributed by atoms with van der Waals surface area (Å²) in [5.41, 5.74) is 5.65. The Kier molecular flexibility index (Phi) is 4.52. The number of aromatic nitrogens is 1. The van der Waals surface area contributed by atoms with Crippen molar-refractivity contribution in [2.75, 3.05) is 32.9 Å². The molecule has 5 nitrogen and oxygen atoms in total. The Labute approximate surface area is 99.6 Å². The zero-order valence-corrected chi connectivity index (χ0v) is 10.1. The van der Waals surface area contributed by atoms with Crippen LogP contribution in [-0.4, -0.2) is 43.0 Å². The fraction of sp³-hybridized carbons (Fsp3) is 0.400. The minimum absolute atomic E-state index is 0.167. The Morgan fingerprint density at radius 1 is 1.56 bits per heavy atom. The van der Waals surface area contributed by atoms with E-state index in [4.69, 9.17) is 17.3 Å². The summed E-state index contributed by atoms with van der Waals surface area (Å²) in [5.74, 6) is -0.0266. The number of carbonyl (C=O) groups is 1. The van der Waals surface area contributed by atoms with Crippen molar-refractivity contribution in [1.82, 2.24) is 15.2 Å². The molecule has 0 saturated carbocycles. The van der Waals surface area contributed by atoms with Crippen LogP contribution in [0.5, 0.6) is 0 Å². The summed E-state index contributed by atoms with van der Waals surface area (Å²) >= 11 is 5.84. The average Bonchev–Trinajstić information content (AvgIpc) is 2.21. The summed E-state index contributed by atoms with van der Waals surface area (Å²) in [5, 5.41) is 3.02. The first-order valence-corrected chi connectivity index (χ1v) is 5.23. The number of anilines is 1. The molecule has 0 aliphatic heterocycles. The first kappa shape index (κ1) is 12.7. The Balaban J connectivity index is 2.62. The fourth-order valence-corrected chi connectivity index (χ4v) is 1.28. The van der Waals surface area contributed by atoms with E-state index >= 15 is 0 Å². The van der Waals surface area contributed by atoms with E-state index in [0.717, 1.165) is 6.54 Å². The van der Waals surface area contributed by atoms with Gasteiger partial charge in [-0.15, -0.1) is 0 Å². The highest BCUT2D eigenvalue weighted by Crippen LogP contribution is 2.14. The number of pyridine rings is 1. The highest BCUT2D eigenvalue weighted by atomic mass is 35.5. The van der Waals surface area contributed by atoms with Crippen LogP contribution in [0.15, 0.2) is 12.1 Å². The van der Waals surface area contributed by atoms with Gasteiger partial charge in [-0.25, -0.2) is 4.98 Å². The van der Waals surface area contributed by atoms with Crippen molar-refractivity contribution in [2.24, 2.45) is 0 Å². The van der Waals surface area contributed by atoms with E-state index in [2.05, 4.69) is 10.3 Å². The number of nitrogen functional groups attached to an aromatic ring is 1. The molecule has 0 atom stereocenters. The Morgan fingerprint density at radius 3 is 2.88 bits per heavy atom. The van der Waals surface area contributed by atoms with Gasteiger partial charge in [0, 0.05) is 13.1 Å². The molecule has 0 saturated heterocycles. The summed E-state index contributed by atoms with van der Waals surface area (Å²) in [6.07, 6.45) is 0. The van der Waals surface area contributed by atoms with E-state index in [0.29, 0.717) is 11.6 Å². The van der Waals surface area contributed by atoms with Crippen molar-refractivity contribution < 1.29 is 4.79 Å². The molecule has 3 N–H and O–H groups in total. The van der Waals surface area contributed by atoms with Crippen molar-refractivity contribution in [3.63, 3.8) is 0 Å². The maximum absolute atomic E-state index is 11.7. The number of likely N-dealkylation sites (N-methyl/N-ethyl adjacent to an activating group) is 1. The molecule has 0 radical (unpaired) electrons. The van der Waals surface area contributed by atoms with Gasteiger partial charge in [0.25, 0.3) is 5.91 Å². The Morgan fingerprint density at radius 2 is 2.25 bits per heavy atom. The Hall–Kier alpha value is -1.33. The molecule has 1 rings (SSSR count). The molecular formula is C10H15ClN4O. The standard InChI is InChI=1S/C10H15ClN4O/c1-15(2)6-5-13-10(16)9-7(11)3-4-8(12)14-9/h3-4H,5-6H2,1-2H3,(H2,12,14)(H,13,16). The molecule has 6 heteroatoms. The second-order valence-electron chi connectivity index (χ2n) is 3.63. The zero-order valence-electron chi connectivity index (χ0n) is 9.33. The third kappa shape index (κ3) is 3.67. The molecule has 1 heterocycles. The topological polar surface area (TPSA) is 71.2 Å². The maximum Gasteiger partial charge on any atom is 0.271 e. The second kappa shape index (κ2) is 5.67. The first-order valence-electron chi connectivity index (χ1n) is 4.85. The number of hydrogen-bond acceptors (Lipinski definition) is 4. The number of nitrogens with one attached hydrogen (secondary N) is 1. The van der Waals surface area contributed by atoms with E-state index in [1.807, 2.05) is 19.0 Å². The van der Waals surface area contributed by atoms with Crippen molar-refractivity contribution >= 4 is 23.3 Å². The molecule has 0 bridgehead atoms. The number of carbonyl (C=O) groups excluding carboxylic acids is 1. The van der Waals surface area contributed by atoms with Crippen LogP contribution in [-0.2, 0) is 0 Å². The minimum atomic E-state index is -0.306. The van der Waals surface area contributed by atoms with E-state index < -0.39 is 0 Å². The molecule has 0 spiro atoms. The van der Waals surface area contributed by atoms with Crippen LogP contribution in [0.4, 0.5) is 5.82 Å². The van der Waals surface area contributed by atoms with E-state index in [1.54, 1.807) is 12.1 Å². The predicted molar refractivity (Wildman–Crippen MR) is 64.5 cm³/mol. The maximum atomic E-state index is 11.7. The molecule has 1 aromatic heterocycles. The molecule has 1 aromatic rings. The lowest BCUT2D eigenvalue weighted by molar-refractivity contribution is 0.0946. The van der Waals surface area contributed by atoms with Gasteiger partial charge in [0.1, 0.15) is 11.5 Å². The number of halogens is 1. The average molecular weight is 243 g/mol. The van der Waals surface area contributed by atoms with Crippen LogP contribution in [0.25, 0.3) is 0 Å². The lowest BCUT2D eigenvalue weighted by Gasteiger charge is -2.10. The summed E-state index contributed by atoms with van der Waals surface area (Å²) in [6, 6.07) is 3.11. The molecule has 0 unspecified atom stereocenters. The lowest BCUT2D eigenvalue weighted by Crippen LogP contribution is -2.32. The van der Waals surface area contributed by atoms with E-state index in [1.165, 1.54) is 0 Å². The number of rotatable bonds is 4. The third-order valence-corrected chi connectivity index (χ3v) is 2.23. The van der Waals surface area contributed by atoms with Crippen LogP contribution < -0.4 is 11.1 Å². The number of nitrogens with zero attached hydrogens (tertiary/aromatic N) is 2. The van der Waals surface area contributed by atoms with Gasteiger partial charge < -0.3 is 16.0 Å². The van der Waals surface area contributed by atoms with E-state index in [-0.39, 0.29) is 17.4 Å². The van der Waals surface area contributed by atoms with Gasteiger partial charge in [0.2, 0.25) is 0 Å².